The Kier molecular flexibility index (Phi) is 6.32. The Morgan fingerprint density at radius 2 is 1.94 bits per heavy atom. The molecule has 1 aromatic carbocycles. The molecule has 0 bridgehead atoms. The van der Waals surface area contributed by atoms with E-state index < -0.39 is 0 Å². The SMILES string of the molecule is CC(C)n1ccc([C@@H]2[C@@H](c3ccccn3)NC(=S)N2CCC(=O)Nc2ccccc2)c1. The highest BCUT2D eigenvalue weighted by Crippen LogP contribution is 2.39. The number of pyridine rings is 1. The van der Waals surface area contributed by atoms with Crippen LogP contribution < -0.4 is 10.6 Å². The van der Waals surface area contributed by atoms with Crippen LogP contribution >= 0.6 is 12.2 Å². The molecule has 3 heterocycles. The Labute approximate surface area is 188 Å². The fourth-order valence-corrected chi connectivity index (χ4v) is 4.24. The summed E-state index contributed by atoms with van der Waals surface area (Å²) in [5.74, 6) is -0.0335. The molecule has 1 aliphatic rings. The molecule has 160 valence electrons. The summed E-state index contributed by atoms with van der Waals surface area (Å²) in [6, 6.07) is 17.8. The third-order valence-corrected chi connectivity index (χ3v) is 5.86. The van der Waals surface area contributed by atoms with E-state index in [0.29, 0.717) is 24.1 Å². The number of aromatic nitrogens is 2. The fraction of sp³-hybridized carbons (Fsp3) is 0.292. The standard InChI is InChI=1S/C24H27N5OS/c1-17(2)28-14-11-18(16-28)23-22(20-10-6-7-13-25-20)27-24(31)29(23)15-12-21(30)26-19-8-4-3-5-9-19/h3-11,13-14,16-17,22-23H,12,15H2,1-2H3,(H,26,30)(H,27,31)/t22-,23-/m1/s1. The molecule has 0 aliphatic carbocycles. The van der Waals surface area contributed by atoms with Gasteiger partial charge < -0.3 is 20.1 Å². The van der Waals surface area contributed by atoms with Gasteiger partial charge in [-0.05, 0) is 62.0 Å². The van der Waals surface area contributed by atoms with Crippen molar-refractivity contribution in [1.29, 1.82) is 0 Å². The number of rotatable bonds is 7. The van der Waals surface area contributed by atoms with Crippen molar-refractivity contribution in [3.8, 4) is 0 Å². The van der Waals surface area contributed by atoms with Gasteiger partial charge in [-0.2, -0.15) is 0 Å². The topological polar surface area (TPSA) is 62.2 Å². The summed E-state index contributed by atoms with van der Waals surface area (Å²) in [6.07, 6.45) is 6.40. The van der Waals surface area contributed by atoms with Crippen LogP contribution in [-0.2, 0) is 4.79 Å². The molecule has 4 rings (SSSR count). The monoisotopic (exact) mass is 433 g/mol. The van der Waals surface area contributed by atoms with Gasteiger partial charge in [-0.1, -0.05) is 24.3 Å². The minimum Gasteiger partial charge on any atom is -0.352 e. The van der Waals surface area contributed by atoms with Crippen molar-refractivity contribution in [3.63, 3.8) is 0 Å². The first-order chi connectivity index (χ1) is 15.0. The molecule has 2 atom stereocenters. The molecular weight excluding hydrogens is 406 g/mol. The van der Waals surface area contributed by atoms with Gasteiger partial charge in [0.05, 0.1) is 17.8 Å². The normalized spacial score (nSPS) is 18.3. The quantitative estimate of drug-likeness (QED) is 0.539. The fourth-order valence-electron chi connectivity index (χ4n) is 3.90. The summed E-state index contributed by atoms with van der Waals surface area (Å²) >= 11 is 5.68. The van der Waals surface area contributed by atoms with Crippen molar-refractivity contribution in [1.82, 2.24) is 19.8 Å². The Bertz CT molecular complexity index is 1030. The maximum absolute atomic E-state index is 12.5. The predicted molar refractivity (Wildman–Crippen MR) is 127 cm³/mol. The number of amides is 1. The summed E-state index contributed by atoms with van der Waals surface area (Å²) < 4.78 is 2.19. The number of thiocarbonyl (C=S) groups is 1. The number of benzene rings is 1. The molecular formula is C24H27N5OS. The third kappa shape index (κ3) is 4.77. The molecule has 1 fully saturated rings. The molecule has 0 spiro atoms. The lowest BCUT2D eigenvalue weighted by atomic mass is 9.99. The molecule has 1 aliphatic heterocycles. The molecule has 3 aromatic rings. The van der Waals surface area contributed by atoms with Gasteiger partial charge >= 0.3 is 0 Å². The molecule has 31 heavy (non-hydrogen) atoms. The molecule has 1 amide bonds. The first kappa shape index (κ1) is 21.1. The number of carbonyl (C=O) groups is 1. The summed E-state index contributed by atoms with van der Waals surface area (Å²) in [7, 11) is 0. The second-order valence-corrected chi connectivity index (χ2v) is 8.36. The molecule has 0 radical (unpaired) electrons. The Morgan fingerprint density at radius 1 is 1.16 bits per heavy atom. The van der Waals surface area contributed by atoms with E-state index in [1.807, 2.05) is 48.5 Å². The van der Waals surface area contributed by atoms with Crippen LogP contribution in [0, 0.1) is 0 Å². The highest BCUT2D eigenvalue weighted by atomic mass is 32.1. The van der Waals surface area contributed by atoms with E-state index in [1.165, 1.54) is 0 Å². The number of anilines is 1. The lowest BCUT2D eigenvalue weighted by Crippen LogP contribution is -2.32. The maximum Gasteiger partial charge on any atom is 0.226 e. The zero-order valence-electron chi connectivity index (χ0n) is 17.7. The van der Waals surface area contributed by atoms with Gasteiger partial charge in [0.25, 0.3) is 0 Å². The lowest BCUT2D eigenvalue weighted by molar-refractivity contribution is -0.116. The van der Waals surface area contributed by atoms with Gasteiger partial charge in [-0.3, -0.25) is 9.78 Å². The van der Waals surface area contributed by atoms with Crippen LogP contribution in [0.15, 0.2) is 73.2 Å². The van der Waals surface area contributed by atoms with E-state index in [1.54, 1.807) is 6.20 Å². The van der Waals surface area contributed by atoms with Gasteiger partial charge in [0.2, 0.25) is 5.91 Å². The number of para-hydroxylation sites is 1. The number of hydrogen-bond donors (Lipinski definition) is 2. The number of carbonyl (C=O) groups excluding carboxylic acids is 1. The maximum atomic E-state index is 12.5. The van der Waals surface area contributed by atoms with Gasteiger partial charge in [-0.25, -0.2) is 0 Å². The minimum absolute atomic E-state index is 0.0335. The summed E-state index contributed by atoms with van der Waals surface area (Å²) in [6.45, 7) is 4.83. The van der Waals surface area contributed by atoms with E-state index in [9.17, 15) is 4.79 Å². The lowest BCUT2D eigenvalue weighted by Gasteiger charge is -2.27. The van der Waals surface area contributed by atoms with Crippen molar-refractivity contribution in [3.05, 3.63) is 84.4 Å². The average molecular weight is 434 g/mol. The van der Waals surface area contributed by atoms with Gasteiger partial charge in [0.1, 0.15) is 0 Å². The molecule has 0 saturated carbocycles. The van der Waals surface area contributed by atoms with Crippen LogP contribution in [0.2, 0.25) is 0 Å². The second kappa shape index (κ2) is 9.31. The van der Waals surface area contributed by atoms with Crippen molar-refractivity contribution in [2.24, 2.45) is 0 Å². The largest absolute Gasteiger partial charge is 0.352 e. The van der Waals surface area contributed by atoms with E-state index in [2.05, 4.69) is 57.4 Å². The van der Waals surface area contributed by atoms with E-state index in [0.717, 1.165) is 16.9 Å². The minimum atomic E-state index is -0.0751. The number of hydrogen-bond acceptors (Lipinski definition) is 3. The molecule has 2 aromatic heterocycles. The molecule has 0 unspecified atom stereocenters. The molecule has 1 saturated heterocycles. The van der Waals surface area contributed by atoms with Crippen molar-refractivity contribution in [2.75, 3.05) is 11.9 Å². The predicted octanol–water partition coefficient (Wildman–Crippen LogP) is 4.47. The van der Waals surface area contributed by atoms with Crippen LogP contribution in [0.3, 0.4) is 0 Å². The smallest absolute Gasteiger partial charge is 0.226 e. The Morgan fingerprint density at radius 3 is 2.61 bits per heavy atom. The average Bonchev–Trinajstić information content (AvgIpc) is 3.38. The van der Waals surface area contributed by atoms with Crippen LogP contribution in [0.25, 0.3) is 0 Å². The first-order valence-electron chi connectivity index (χ1n) is 10.5. The summed E-state index contributed by atoms with van der Waals surface area (Å²) in [5, 5.41) is 7.03. The second-order valence-electron chi connectivity index (χ2n) is 7.97. The van der Waals surface area contributed by atoms with Crippen molar-refractivity contribution in [2.45, 2.75) is 38.4 Å². The van der Waals surface area contributed by atoms with Gasteiger partial charge in [0, 0.05) is 43.3 Å². The highest BCUT2D eigenvalue weighted by Gasteiger charge is 2.40. The third-order valence-electron chi connectivity index (χ3n) is 5.51. The van der Waals surface area contributed by atoms with Crippen molar-refractivity contribution >= 4 is 28.9 Å². The first-order valence-corrected chi connectivity index (χ1v) is 10.9. The number of nitrogens with one attached hydrogen (secondary N) is 2. The van der Waals surface area contributed by atoms with E-state index in [-0.39, 0.29) is 18.0 Å². The summed E-state index contributed by atoms with van der Waals surface area (Å²) in [5.41, 5.74) is 2.88. The molecule has 2 N–H and O–H groups in total. The zero-order valence-corrected chi connectivity index (χ0v) is 18.5. The Balaban J connectivity index is 1.55. The summed E-state index contributed by atoms with van der Waals surface area (Å²) in [4.78, 5) is 19.2. The van der Waals surface area contributed by atoms with E-state index in [4.69, 9.17) is 12.2 Å². The highest BCUT2D eigenvalue weighted by molar-refractivity contribution is 7.80. The molecule has 7 heteroatoms. The Hall–Kier alpha value is -3.19. The van der Waals surface area contributed by atoms with Gasteiger partial charge in [0.15, 0.2) is 5.11 Å². The van der Waals surface area contributed by atoms with Crippen LogP contribution in [0.4, 0.5) is 5.69 Å². The molecule has 6 nitrogen and oxygen atoms in total. The van der Waals surface area contributed by atoms with Crippen molar-refractivity contribution < 1.29 is 4.79 Å². The van der Waals surface area contributed by atoms with Crippen LogP contribution in [-0.4, -0.2) is 32.0 Å². The number of nitrogens with zero attached hydrogens (tertiary/aromatic N) is 3. The van der Waals surface area contributed by atoms with Gasteiger partial charge in [-0.15, -0.1) is 0 Å². The zero-order chi connectivity index (χ0) is 21.8. The van der Waals surface area contributed by atoms with Crippen LogP contribution in [0.1, 0.15) is 49.7 Å². The van der Waals surface area contributed by atoms with Crippen LogP contribution in [0.5, 0.6) is 0 Å². The van der Waals surface area contributed by atoms with E-state index >= 15 is 0 Å².